The molecule has 1 aromatic rings. The van der Waals surface area contributed by atoms with E-state index in [4.69, 9.17) is 5.11 Å². The van der Waals surface area contributed by atoms with Gasteiger partial charge in [-0.05, 0) is 11.4 Å². The number of halogens is 3. The molecule has 1 heterocycles. The number of carbonyl (C=O) groups is 2. The van der Waals surface area contributed by atoms with Gasteiger partial charge in [-0.1, -0.05) is 0 Å². The number of carboxylic acids is 1. The molecule has 0 saturated heterocycles. The van der Waals surface area contributed by atoms with Gasteiger partial charge in [0, 0.05) is 0 Å². The summed E-state index contributed by atoms with van der Waals surface area (Å²) >= 11 is 0.859. The van der Waals surface area contributed by atoms with Gasteiger partial charge in [0.15, 0.2) is 0 Å². The van der Waals surface area contributed by atoms with Crippen molar-refractivity contribution in [3.05, 3.63) is 16.3 Å². The summed E-state index contributed by atoms with van der Waals surface area (Å²) in [5, 5.41) is 13.7. The average Bonchev–Trinajstić information content (AvgIpc) is 2.62. The van der Waals surface area contributed by atoms with Crippen molar-refractivity contribution in [2.24, 2.45) is 0 Å². The average molecular weight is 268 g/mol. The topological polar surface area (TPSA) is 78.4 Å². The van der Waals surface area contributed by atoms with E-state index < -0.39 is 24.7 Å². The predicted octanol–water partition coefficient (Wildman–Crippen LogP) is 2.13. The maximum absolute atomic E-state index is 11.8. The Bertz CT molecular complexity index is 430. The molecule has 0 aliphatic rings. The second-order valence-electron chi connectivity index (χ2n) is 2.89. The Hall–Kier alpha value is -1.77. The van der Waals surface area contributed by atoms with Gasteiger partial charge in [0.1, 0.15) is 11.4 Å². The lowest BCUT2D eigenvalue weighted by Gasteiger charge is -2.09. The summed E-state index contributed by atoms with van der Waals surface area (Å²) in [6.45, 7) is -1.48. The van der Waals surface area contributed by atoms with Crippen LogP contribution in [0.25, 0.3) is 0 Å². The minimum Gasteiger partial charge on any atom is -0.477 e. The molecule has 94 valence electrons. The molecule has 0 saturated carbocycles. The van der Waals surface area contributed by atoms with E-state index in [9.17, 15) is 22.8 Å². The Labute approximate surface area is 97.2 Å². The lowest BCUT2D eigenvalue weighted by molar-refractivity contribution is -0.122. The minimum absolute atomic E-state index is 0.0397. The van der Waals surface area contributed by atoms with Crippen LogP contribution in [0.2, 0.25) is 0 Å². The van der Waals surface area contributed by atoms with Gasteiger partial charge in [-0.3, -0.25) is 0 Å². The predicted molar refractivity (Wildman–Crippen MR) is 54.4 cm³/mol. The van der Waals surface area contributed by atoms with Crippen LogP contribution in [0, 0.1) is 0 Å². The Balaban J connectivity index is 2.57. The first-order valence-electron chi connectivity index (χ1n) is 4.22. The normalized spacial score (nSPS) is 11.0. The third-order valence-corrected chi connectivity index (χ3v) is 2.46. The highest BCUT2D eigenvalue weighted by molar-refractivity contribution is 7.12. The van der Waals surface area contributed by atoms with Crippen LogP contribution in [0.1, 0.15) is 9.67 Å². The lowest BCUT2D eigenvalue weighted by Crippen LogP contribution is -2.36. The number of carbonyl (C=O) groups excluding carboxylic acids is 1. The van der Waals surface area contributed by atoms with Crippen LogP contribution in [0.4, 0.5) is 23.7 Å². The molecule has 1 rings (SSSR count). The maximum atomic E-state index is 11.8. The summed E-state index contributed by atoms with van der Waals surface area (Å²) in [5.41, 5.74) is -0.0397. The molecule has 0 radical (unpaired) electrons. The number of aromatic carboxylic acids is 1. The van der Waals surface area contributed by atoms with E-state index in [1.54, 1.807) is 5.32 Å². The molecule has 0 aliphatic heterocycles. The number of rotatable bonds is 3. The van der Waals surface area contributed by atoms with Crippen LogP contribution in [-0.4, -0.2) is 29.8 Å². The largest absolute Gasteiger partial charge is 0.477 e. The van der Waals surface area contributed by atoms with Gasteiger partial charge in [-0.25, -0.2) is 9.59 Å². The van der Waals surface area contributed by atoms with Gasteiger partial charge >= 0.3 is 18.2 Å². The Morgan fingerprint density at radius 1 is 1.41 bits per heavy atom. The van der Waals surface area contributed by atoms with Gasteiger partial charge in [0.05, 0.1) is 5.69 Å². The molecule has 0 spiro atoms. The van der Waals surface area contributed by atoms with Gasteiger partial charge < -0.3 is 15.7 Å². The zero-order valence-electron chi connectivity index (χ0n) is 8.17. The zero-order chi connectivity index (χ0) is 13.1. The Kier molecular flexibility index (Phi) is 3.94. The maximum Gasteiger partial charge on any atom is 0.405 e. The van der Waals surface area contributed by atoms with Crippen molar-refractivity contribution >= 4 is 29.0 Å². The van der Waals surface area contributed by atoms with Crippen LogP contribution in [-0.2, 0) is 0 Å². The third kappa shape index (κ3) is 4.31. The SMILES string of the molecule is O=C(NCC(F)(F)F)Nc1ccsc1C(=O)O. The fourth-order valence-electron chi connectivity index (χ4n) is 0.920. The van der Waals surface area contributed by atoms with Crippen molar-refractivity contribution in [2.45, 2.75) is 6.18 Å². The van der Waals surface area contributed by atoms with Gasteiger partial charge in [-0.2, -0.15) is 13.2 Å². The fourth-order valence-corrected chi connectivity index (χ4v) is 1.61. The first kappa shape index (κ1) is 13.3. The monoisotopic (exact) mass is 268 g/mol. The van der Waals surface area contributed by atoms with Crippen LogP contribution >= 0.6 is 11.3 Å². The van der Waals surface area contributed by atoms with Gasteiger partial charge in [-0.15, -0.1) is 11.3 Å². The number of carboxylic acid groups (broad SMARTS) is 1. The number of anilines is 1. The van der Waals surface area contributed by atoms with Crippen LogP contribution < -0.4 is 10.6 Å². The first-order valence-corrected chi connectivity index (χ1v) is 5.10. The molecule has 3 N–H and O–H groups in total. The second kappa shape index (κ2) is 5.04. The Morgan fingerprint density at radius 2 is 2.06 bits per heavy atom. The molecule has 0 aliphatic carbocycles. The molecule has 2 amide bonds. The summed E-state index contributed by atoms with van der Waals surface area (Å²) in [6, 6.07) is 0.185. The molecule has 0 fully saturated rings. The molecule has 0 atom stereocenters. The summed E-state index contributed by atoms with van der Waals surface area (Å²) in [7, 11) is 0. The number of alkyl halides is 3. The third-order valence-electron chi connectivity index (χ3n) is 1.56. The number of urea groups is 1. The highest BCUT2D eigenvalue weighted by Gasteiger charge is 2.27. The molecule has 0 bridgehead atoms. The standard InChI is InChI=1S/C8H7F3N2O3S/c9-8(10,11)3-12-7(16)13-4-1-2-17-5(4)6(14)15/h1-2H,3H2,(H,14,15)(H2,12,13,16). The quantitative estimate of drug-likeness (QED) is 0.785. The molecule has 0 unspecified atom stereocenters. The van der Waals surface area contributed by atoms with Crippen LogP contribution in [0.5, 0.6) is 0 Å². The van der Waals surface area contributed by atoms with Crippen molar-refractivity contribution < 1.29 is 27.9 Å². The molecule has 17 heavy (non-hydrogen) atoms. The highest BCUT2D eigenvalue weighted by Crippen LogP contribution is 2.22. The lowest BCUT2D eigenvalue weighted by atomic mass is 10.4. The molecular weight excluding hydrogens is 261 g/mol. The Morgan fingerprint density at radius 3 is 2.59 bits per heavy atom. The van der Waals surface area contributed by atoms with Crippen LogP contribution in [0.3, 0.4) is 0 Å². The van der Waals surface area contributed by atoms with Crippen molar-refractivity contribution in [1.82, 2.24) is 5.32 Å². The van der Waals surface area contributed by atoms with Crippen molar-refractivity contribution in [1.29, 1.82) is 0 Å². The van der Waals surface area contributed by atoms with E-state index in [0.29, 0.717) is 0 Å². The highest BCUT2D eigenvalue weighted by atomic mass is 32.1. The molecule has 1 aromatic heterocycles. The molecule has 0 aromatic carbocycles. The summed E-state index contributed by atoms with van der Waals surface area (Å²) in [6.07, 6.45) is -4.51. The van der Waals surface area contributed by atoms with E-state index >= 15 is 0 Å². The number of thiophene rings is 1. The first-order chi connectivity index (χ1) is 7.79. The zero-order valence-corrected chi connectivity index (χ0v) is 8.98. The van der Waals surface area contributed by atoms with E-state index in [1.165, 1.54) is 11.4 Å². The number of nitrogens with one attached hydrogen (secondary N) is 2. The number of amides is 2. The second-order valence-corrected chi connectivity index (χ2v) is 3.81. The molecule has 5 nitrogen and oxygen atoms in total. The van der Waals surface area contributed by atoms with E-state index in [-0.39, 0.29) is 10.6 Å². The van der Waals surface area contributed by atoms with E-state index in [2.05, 4.69) is 0 Å². The van der Waals surface area contributed by atoms with Crippen molar-refractivity contribution in [3.8, 4) is 0 Å². The summed E-state index contributed by atoms with van der Waals surface area (Å²) < 4.78 is 35.3. The van der Waals surface area contributed by atoms with Crippen LogP contribution in [0.15, 0.2) is 11.4 Å². The summed E-state index contributed by atoms with van der Waals surface area (Å²) in [4.78, 5) is 21.5. The van der Waals surface area contributed by atoms with Gasteiger partial charge in [0.2, 0.25) is 0 Å². The summed E-state index contributed by atoms with van der Waals surface area (Å²) in [5.74, 6) is -1.26. The number of hydrogen-bond donors (Lipinski definition) is 3. The van der Waals surface area contributed by atoms with Crippen molar-refractivity contribution in [3.63, 3.8) is 0 Å². The molecule has 9 heteroatoms. The minimum atomic E-state index is -4.51. The van der Waals surface area contributed by atoms with E-state index in [1.807, 2.05) is 5.32 Å². The molecular formula is C8H7F3N2O3S. The fraction of sp³-hybridized carbons (Fsp3) is 0.250. The smallest absolute Gasteiger partial charge is 0.405 e. The van der Waals surface area contributed by atoms with Crippen molar-refractivity contribution in [2.75, 3.05) is 11.9 Å². The number of hydrogen-bond acceptors (Lipinski definition) is 3. The van der Waals surface area contributed by atoms with E-state index in [0.717, 1.165) is 11.3 Å². The van der Waals surface area contributed by atoms with Gasteiger partial charge in [0.25, 0.3) is 0 Å².